The summed E-state index contributed by atoms with van der Waals surface area (Å²) in [5.74, 6) is -2.66. The smallest absolute Gasteiger partial charge is 0.387 e. The molecule has 0 unspecified atom stereocenters. The van der Waals surface area contributed by atoms with Crippen LogP contribution < -0.4 is 4.74 Å². The zero-order valence-corrected chi connectivity index (χ0v) is 18.4. The van der Waals surface area contributed by atoms with E-state index in [0.29, 0.717) is 31.1 Å². The number of halogens is 4. The van der Waals surface area contributed by atoms with Crippen LogP contribution in [0.2, 0.25) is 0 Å². The van der Waals surface area contributed by atoms with E-state index < -0.39 is 30.3 Å². The largest absolute Gasteiger partial charge is 0.429 e. The van der Waals surface area contributed by atoms with Crippen molar-refractivity contribution in [2.45, 2.75) is 71.1 Å². The number of hydrogen-bond donors (Lipinski definition) is 0. The second-order valence-corrected chi connectivity index (χ2v) is 8.45. The maximum Gasteiger partial charge on any atom is 0.387 e. The number of aryl methyl sites for hydroxylation is 1. The Labute approximate surface area is 186 Å². The number of benzene rings is 1. The summed E-state index contributed by atoms with van der Waals surface area (Å²) in [7, 11) is 0. The third kappa shape index (κ3) is 7.86. The maximum atomic E-state index is 13.8. The van der Waals surface area contributed by atoms with Crippen LogP contribution in [0.1, 0.15) is 51.0 Å². The van der Waals surface area contributed by atoms with E-state index >= 15 is 0 Å². The van der Waals surface area contributed by atoms with Crippen molar-refractivity contribution in [2.24, 2.45) is 11.8 Å². The van der Waals surface area contributed by atoms with Gasteiger partial charge in [0.15, 0.2) is 30.0 Å². The van der Waals surface area contributed by atoms with Crippen molar-refractivity contribution >= 4 is 0 Å². The van der Waals surface area contributed by atoms with Crippen LogP contribution in [0.25, 0.3) is 0 Å². The Balaban J connectivity index is 1.32. The van der Waals surface area contributed by atoms with Crippen LogP contribution in [-0.2, 0) is 25.4 Å². The van der Waals surface area contributed by atoms with Crippen LogP contribution in [0, 0.1) is 23.5 Å². The molecule has 0 amide bonds. The molecule has 9 heteroatoms. The molecule has 1 aromatic rings. The molecular weight excluding hydrogens is 432 g/mol. The van der Waals surface area contributed by atoms with Crippen LogP contribution >= 0.6 is 0 Å². The van der Waals surface area contributed by atoms with Crippen molar-refractivity contribution in [3.8, 4) is 5.75 Å². The van der Waals surface area contributed by atoms with E-state index in [2.05, 4.69) is 11.7 Å². The molecule has 0 saturated carbocycles. The second-order valence-electron chi connectivity index (χ2n) is 8.45. The Hall–Kier alpha value is -1.42. The van der Waals surface area contributed by atoms with Gasteiger partial charge in [-0.2, -0.15) is 8.78 Å². The molecule has 2 aliphatic heterocycles. The van der Waals surface area contributed by atoms with E-state index in [0.717, 1.165) is 44.6 Å². The van der Waals surface area contributed by atoms with E-state index in [1.54, 1.807) is 0 Å². The first-order valence-corrected chi connectivity index (χ1v) is 11.3. The van der Waals surface area contributed by atoms with Crippen molar-refractivity contribution in [2.75, 3.05) is 26.4 Å². The topological polar surface area (TPSA) is 46.2 Å². The van der Waals surface area contributed by atoms with Crippen LogP contribution in [0.5, 0.6) is 5.75 Å². The van der Waals surface area contributed by atoms with Crippen molar-refractivity contribution in [1.82, 2.24) is 0 Å². The van der Waals surface area contributed by atoms with E-state index in [-0.39, 0.29) is 18.6 Å². The zero-order valence-electron chi connectivity index (χ0n) is 18.4. The van der Waals surface area contributed by atoms with E-state index in [1.165, 1.54) is 12.8 Å². The summed E-state index contributed by atoms with van der Waals surface area (Å²) in [5.41, 5.74) is 0.319. The van der Waals surface area contributed by atoms with Crippen molar-refractivity contribution in [3.63, 3.8) is 0 Å². The summed E-state index contributed by atoms with van der Waals surface area (Å²) in [5, 5.41) is 0. The van der Waals surface area contributed by atoms with Gasteiger partial charge in [-0.25, -0.2) is 8.78 Å². The summed E-state index contributed by atoms with van der Waals surface area (Å²) >= 11 is 0. The lowest BCUT2D eigenvalue weighted by molar-refractivity contribution is -0.219. The molecule has 0 bridgehead atoms. The maximum absolute atomic E-state index is 13.8. The Morgan fingerprint density at radius 2 is 1.38 bits per heavy atom. The summed E-state index contributed by atoms with van der Waals surface area (Å²) in [6.45, 7) is 1.45. The van der Waals surface area contributed by atoms with Gasteiger partial charge < -0.3 is 23.7 Å². The molecule has 0 N–H and O–H groups in total. The molecule has 3 rings (SSSR count). The van der Waals surface area contributed by atoms with Crippen molar-refractivity contribution in [1.29, 1.82) is 0 Å². The lowest BCUT2D eigenvalue weighted by Gasteiger charge is -2.32. The molecule has 0 aliphatic carbocycles. The fourth-order valence-corrected chi connectivity index (χ4v) is 3.94. The van der Waals surface area contributed by atoms with Gasteiger partial charge in [0.1, 0.15) is 0 Å². The van der Waals surface area contributed by atoms with Gasteiger partial charge in [0, 0.05) is 18.3 Å². The normalized spacial score (nSPS) is 26.4. The minimum absolute atomic E-state index is 0.174. The summed E-state index contributed by atoms with van der Waals surface area (Å²) in [4.78, 5) is 0. The molecule has 0 radical (unpaired) electrons. The van der Waals surface area contributed by atoms with E-state index in [4.69, 9.17) is 18.9 Å². The van der Waals surface area contributed by atoms with Crippen LogP contribution in [0.3, 0.4) is 0 Å². The molecule has 5 nitrogen and oxygen atoms in total. The minimum atomic E-state index is -3.29. The van der Waals surface area contributed by atoms with Crippen LogP contribution in [-0.4, -0.2) is 45.6 Å². The Morgan fingerprint density at radius 3 is 1.91 bits per heavy atom. The highest BCUT2D eigenvalue weighted by Gasteiger charge is 2.26. The number of ether oxygens (including phenoxy) is 5. The van der Waals surface area contributed by atoms with Crippen LogP contribution in [0.15, 0.2) is 12.1 Å². The van der Waals surface area contributed by atoms with Crippen LogP contribution in [0.4, 0.5) is 17.6 Å². The standard InChI is InChI=1S/C23H32F4O5/c1-2-3-4-16-11-28-21(29-12-16)8-6-17-13-30-20(31-14-17)7-5-15-9-18(24)22(19(25)10-15)32-23(26)27/h9-10,16-17,20-21,23H,2-8,11-14H2,1H3/t16-,17-,20-,21-. The van der Waals surface area contributed by atoms with E-state index in [9.17, 15) is 17.6 Å². The van der Waals surface area contributed by atoms with Crippen molar-refractivity contribution < 1.29 is 41.2 Å². The van der Waals surface area contributed by atoms with Gasteiger partial charge in [0.25, 0.3) is 0 Å². The fourth-order valence-electron chi connectivity index (χ4n) is 3.94. The quantitative estimate of drug-likeness (QED) is 0.408. The number of hydrogen-bond acceptors (Lipinski definition) is 5. The zero-order chi connectivity index (χ0) is 22.9. The first-order chi connectivity index (χ1) is 15.4. The molecule has 182 valence electrons. The number of alkyl halides is 2. The van der Waals surface area contributed by atoms with Gasteiger partial charge in [0.2, 0.25) is 0 Å². The highest BCUT2D eigenvalue weighted by molar-refractivity contribution is 5.31. The molecular formula is C23H32F4O5. The molecule has 0 atom stereocenters. The summed E-state index contributed by atoms with van der Waals surface area (Å²) < 4.78 is 79.1. The van der Waals surface area contributed by atoms with Gasteiger partial charge in [-0.1, -0.05) is 19.8 Å². The molecule has 2 saturated heterocycles. The van der Waals surface area contributed by atoms with Gasteiger partial charge in [-0.05, 0) is 43.4 Å². The highest BCUT2D eigenvalue weighted by Crippen LogP contribution is 2.27. The molecule has 2 heterocycles. The lowest BCUT2D eigenvalue weighted by Crippen LogP contribution is -2.35. The monoisotopic (exact) mass is 464 g/mol. The molecule has 2 aliphatic rings. The van der Waals surface area contributed by atoms with Gasteiger partial charge in [0.05, 0.1) is 26.4 Å². The predicted molar refractivity (Wildman–Crippen MR) is 108 cm³/mol. The Kier molecular flexibility index (Phi) is 10.0. The van der Waals surface area contributed by atoms with Gasteiger partial charge in [-0.15, -0.1) is 0 Å². The molecule has 1 aromatic carbocycles. The third-order valence-corrected chi connectivity index (χ3v) is 5.78. The first kappa shape index (κ1) is 25.2. The third-order valence-electron chi connectivity index (χ3n) is 5.78. The fraction of sp³-hybridized carbons (Fsp3) is 0.739. The lowest BCUT2D eigenvalue weighted by atomic mass is 10.0. The van der Waals surface area contributed by atoms with Crippen molar-refractivity contribution in [3.05, 3.63) is 29.3 Å². The second kappa shape index (κ2) is 12.7. The minimum Gasteiger partial charge on any atom is -0.429 e. The SMILES string of the molecule is CCCC[C@H]1CO[C@H](CC[C@H]2CO[C@H](CCc3cc(F)c(OC(F)F)c(F)c3)OC2)OC1. The summed E-state index contributed by atoms with van der Waals surface area (Å²) in [6, 6.07) is 1.98. The molecule has 0 spiro atoms. The number of rotatable bonds is 11. The molecule has 32 heavy (non-hydrogen) atoms. The molecule has 2 fully saturated rings. The average Bonchev–Trinajstić information content (AvgIpc) is 2.78. The van der Waals surface area contributed by atoms with Gasteiger partial charge in [-0.3, -0.25) is 0 Å². The highest BCUT2D eigenvalue weighted by atomic mass is 19.3. The van der Waals surface area contributed by atoms with E-state index in [1.807, 2.05) is 0 Å². The van der Waals surface area contributed by atoms with Gasteiger partial charge >= 0.3 is 6.61 Å². The first-order valence-electron chi connectivity index (χ1n) is 11.3. The number of unbranched alkanes of at least 4 members (excludes halogenated alkanes) is 1. The Bertz CT molecular complexity index is 666. The summed E-state index contributed by atoms with van der Waals surface area (Å²) in [6.07, 6.45) is 5.19. The predicted octanol–water partition coefficient (Wildman–Crippen LogP) is 5.45. The molecule has 0 aromatic heterocycles. The Morgan fingerprint density at radius 1 is 0.844 bits per heavy atom. The average molecular weight is 464 g/mol.